The molecule has 0 heterocycles. The van der Waals surface area contributed by atoms with Gasteiger partial charge in [-0.3, -0.25) is 4.79 Å². The van der Waals surface area contributed by atoms with Crippen molar-refractivity contribution in [3.8, 4) is 0 Å². The molecule has 0 fully saturated rings. The summed E-state index contributed by atoms with van der Waals surface area (Å²) in [4.78, 5) is 13.3. The summed E-state index contributed by atoms with van der Waals surface area (Å²) in [5.74, 6) is -0.416. The van der Waals surface area contributed by atoms with E-state index in [0.717, 1.165) is 15.5 Å². The second-order valence-corrected chi connectivity index (χ2v) is 13.8. The number of carbonyl (C=O) groups excluding carboxylic acids is 1. The number of rotatable bonds is 15. The van der Waals surface area contributed by atoms with Gasteiger partial charge in [0.15, 0.2) is 0 Å². The number of hydrogen-bond donors (Lipinski definition) is 3. The molecule has 0 aliphatic heterocycles. The Labute approximate surface area is 247 Å². The van der Waals surface area contributed by atoms with Crippen LogP contribution in [0.25, 0.3) is 0 Å². The van der Waals surface area contributed by atoms with E-state index in [0.29, 0.717) is 32.4 Å². The Morgan fingerprint density at radius 3 is 1.98 bits per heavy atom. The Balaban J connectivity index is 1.60. The van der Waals surface area contributed by atoms with E-state index in [1.54, 1.807) is 12.1 Å². The number of aliphatic hydroxyl groups is 1. The van der Waals surface area contributed by atoms with E-state index < -0.39 is 22.1 Å². The van der Waals surface area contributed by atoms with Gasteiger partial charge in [0, 0.05) is 5.92 Å². The summed E-state index contributed by atoms with van der Waals surface area (Å²) in [7, 11) is -3.76. The van der Waals surface area contributed by atoms with Crippen LogP contribution in [0, 0.1) is 5.92 Å². The third kappa shape index (κ3) is 8.76. The van der Waals surface area contributed by atoms with Crippen LogP contribution in [0.15, 0.2) is 89.8 Å². The molecule has 0 spiro atoms. The summed E-state index contributed by atoms with van der Waals surface area (Å²) >= 11 is 1.43. The maximum absolute atomic E-state index is 13.5. The summed E-state index contributed by atoms with van der Waals surface area (Å²) in [6.45, 7) is 4.39. The van der Waals surface area contributed by atoms with Crippen molar-refractivity contribution in [2.45, 2.75) is 56.0 Å². The zero-order valence-electron chi connectivity index (χ0n) is 23.3. The van der Waals surface area contributed by atoms with Crippen LogP contribution in [0.3, 0.4) is 0 Å². The first kappa shape index (κ1) is 32.0. The third-order valence-electron chi connectivity index (χ3n) is 6.89. The van der Waals surface area contributed by atoms with Gasteiger partial charge < -0.3 is 5.73 Å². The predicted octanol–water partition coefficient (Wildman–Crippen LogP) is 2.40. The van der Waals surface area contributed by atoms with Crippen molar-refractivity contribution in [2.75, 3.05) is 19.7 Å². The molecule has 40 heavy (non-hydrogen) atoms. The fourth-order valence-electron chi connectivity index (χ4n) is 4.82. The van der Waals surface area contributed by atoms with Crippen LogP contribution >= 0.6 is 0 Å². The van der Waals surface area contributed by atoms with E-state index >= 15 is 0 Å². The summed E-state index contributed by atoms with van der Waals surface area (Å²) in [6.07, 6.45) is 1.76. The van der Waals surface area contributed by atoms with E-state index in [9.17, 15) is 18.3 Å². The first-order valence-electron chi connectivity index (χ1n) is 13.8. The van der Waals surface area contributed by atoms with Gasteiger partial charge in [-0.15, -0.1) is 0 Å². The van der Waals surface area contributed by atoms with Gasteiger partial charge in [-0.2, -0.15) is 0 Å². The molecule has 7 nitrogen and oxygen atoms in total. The Kier molecular flexibility index (Phi) is 12.4. The molecule has 0 aromatic heterocycles. The molecule has 3 aromatic rings. The molecule has 1 amide bonds. The molecule has 0 bridgehead atoms. The van der Waals surface area contributed by atoms with Gasteiger partial charge in [0.05, 0.1) is 6.04 Å². The minimum absolute atomic E-state index is 0.0977. The van der Waals surface area contributed by atoms with Crippen LogP contribution in [0.2, 0.25) is 0 Å². The predicted molar refractivity (Wildman–Crippen MR) is 164 cm³/mol. The van der Waals surface area contributed by atoms with Gasteiger partial charge >= 0.3 is 148 Å². The second kappa shape index (κ2) is 15.5. The Morgan fingerprint density at radius 2 is 1.48 bits per heavy atom. The number of nitrogens with one attached hydrogen (secondary N) is 1. The summed E-state index contributed by atoms with van der Waals surface area (Å²) in [5, 5.41) is 13.1. The number of nitrogens with two attached hydrogens (primary N) is 1. The molecule has 0 aliphatic rings. The topological polar surface area (TPSA) is 113 Å². The van der Waals surface area contributed by atoms with E-state index in [2.05, 4.69) is 5.32 Å². The Morgan fingerprint density at radius 1 is 0.925 bits per heavy atom. The Hall–Kier alpha value is -2.48. The fourth-order valence-corrected chi connectivity index (χ4v) is 7.03. The average molecular weight is 628 g/mol. The van der Waals surface area contributed by atoms with Crippen molar-refractivity contribution in [1.82, 2.24) is 9.62 Å². The molecule has 0 radical (unpaired) electrons. The molecule has 3 rings (SSSR count). The van der Waals surface area contributed by atoms with E-state index in [4.69, 9.17) is 5.73 Å². The molecule has 3 atom stereocenters. The van der Waals surface area contributed by atoms with Crippen molar-refractivity contribution in [3.63, 3.8) is 0 Å². The van der Waals surface area contributed by atoms with Gasteiger partial charge in [-0.1, -0.05) is 60.7 Å². The SMILES string of the molecule is CC(C)CN(C(CO)CCCCNC(=O)[C@@H](N)C(c1ccccc1)c1ccccc1)S(=O)(=O)c1ccc([AsH2])cc1. The standard InChI is InChI=1S/C31H42AsN3O4S/c1-23(2)21-35(40(38,39)28-18-16-26(32)17-19-28)27(22-36)15-9-10-20-34-31(37)30(33)29(24-11-5-3-6-12-24)25-13-7-4-8-14-25/h3-8,11-14,16-19,23,27,29-30,36H,9-10,15,20-22,32-33H2,1-2H3,(H,34,37)/t27?,30-/m0/s1. The molecule has 216 valence electrons. The van der Waals surface area contributed by atoms with Gasteiger partial charge in [0.1, 0.15) is 0 Å². The molecule has 9 heteroatoms. The Bertz CT molecular complexity index is 1250. The molecule has 0 saturated carbocycles. The summed E-state index contributed by atoms with van der Waals surface area (Å²) < 4.78 is 29.4. The third-order valence-corrected chi connectivity index (χ3v) is 9.63. The van der Waals surface area contributed by atoms with Crippen molar-refractivity contribution in [3.05, 3.63) is 96.1 Å². The second-order valence-electron chi connectivity index (χ2n) is 10.5. The minimum atomic E-state index is -3.76. The van der Waals surface area contributed by atoms with Crippen molar-refractivity contribution in [1.29, 1.82) is 0 Å². The fraction of sp³-hybridized carbons (Fsp3) is 0.387. The zero-order valence-corrected chi connectivity index (χ0v) is 26.6. The summed E-state index contributed by atoms with van der Waals surface area (Å²) in [5.41, 5.74) is 8.44. The van der Waals surface area contributed by atoms with Gasteiger partial charge in [0.2, 0.25) is 5.91 Å². The van der Waals surface area contributed by atoms with Crippen LogP contribution in [0.1, 0.15) is 50.2 Å². The molecule has 4 N–H and O–H groups in total. The molecule has 3 aromatic carbocycles. The van der Waals surface area contributed by atoms with Crippen molar-refractivity contribution in [2.24, 2.45) is 11.7 Å². The number of hydrogen-bond acceptors (Lipinski definition) is 5. The van der Waals surface area contributed by atoms with Crippen molar-refractivity contribution >= 4 is 37.1 Å². The van der Waals surface area contributed by atoms with Crippen LogP contribution in [0.4, 0.5) is 0 Å². The van der Waals surface area contributed by atoms with Gasteiger partial charge in [0.25, 0.3) is 0 Å². The van der Waals surface area contributed by atoms with E-state index in [-0.39, 0.29) is 29.2 Å². The average Bonchev–Trinajstić information content (AvgIpc) is 2.95. The number of unbranched alkanes of at least 4 members (excludes halogenated alkanes) is 1. The first-order valence-corrected chi connectivity index (χ1v) is 16.4. The molecule has 0 saturated heterocycles. The number of amides is 1. The molecule has 0 aliphatic carbocycles. The van der Waals surface area contributed by atoms with Gasteiger partial charge in [-0.05, 0) is 11.1 Å². The van der Waals surface area contributed by atoms with Crippen molar-refractivity contribution < 1.29 is 18.3 Å². The number of aliphatic hydroxyl groups excluding tert-OH is 1. The molecular formula is C31H42AsN3O4S. The first-order chi connectivity index (χ1) is 19.1. The maximum atomic E-state index is 13.5. The number of sulfonamides is 1. The van der Waals surface area contributed by atoms with Crippen LogP contribution in [0.5, 0.6) is 0 Å². The van der Waals surface area contributed by atoms with E-state index in [1.807, 2.05) is 86.6 Å². The quantitative estimate of drug-likeness (QED) is 0.177. The molecular weight excluding hydrogens is 585 g/mol. The van der Waals surface area contributed by atoms with Crippen LogP contribution in [-0.4, -0.2) is 72.4 Å². The summed E-state index contributed by atoms with van der Waals surface area (Å²) in [6, 6.07) is 25.1. The normalized spacial score (nSPS) is 13.5. The van der Waals surface area contributed by atoms with Gasteiger partial charge in [-0.25, -0.2) is 0 Å². The number of benzene rings is 3. The molecule has 2 unspecified atom stereocenters. The number of nitrogens with zero attached hydrogens (tertiary/aromatic N) is 1. The number of carbonyl (C=O) groups is 1. The monoisotopic (exact) mass is 627 g/mol. The van der Waals surface area contributed by atoms with Crippen LogP contribution < -0.4 is 15.4 Å². The zero-order chi connectivity index (χ0) is 29.1. The van der Waals surface area contributed by atoms with Crippen LogP contribution in [-0.2, 0) is 14.8 Å². The van der Waals surface area contributed by atoms with E-state index in [1.165, 1.54) is 21.2 Å².